The van der Waals surface area contributed by atoms with Gasteiger partial charge in [0.2, 0.25) is 11.8 Å². The van der Waals surface area contributed by atoms with E-state index >= 15 is 0 Å². The molecule has 0 saturated carbocycles. The predicted octanol–water partition coefficient (Wildman–Crippen LogP) is 1.23. The Morgan fingerprint density at radius 1 is 1.15 bits per heavy atom. The van der Waals surface area contributed by atoms with Gasteiger partial charge in [-0.15, -0.1) is 0 Å². The van der Waals surface area contributed by atoms with Crippen molar-refractivity contribution in [3.8, 4) is 0 Å². The summed E-state index contributed by atoms with van der Waals surface area (Å²) in [5, 5.41) is 12.6. The van der Waals surface area contributed by atoms with E-state index in [1.54, 1.807) is 0 Å². The van der Waals surface area contributed by atoms with Gasteiger partial charge in [-0.05, 0) is 51.2 Å². The van der Waals surface area contributed by atoms with Gasteiger partial charge in [0.05, 0.1) is 17.9 Å². The second-order valence-corrected chi connectivity index (χ2v) is 6.32. The maximum Gasteiger partial charge on any atom is 0.290 e. The van der Waals surface area contributed by atoms with E-state index in [2.05, 4.69) is 27.5 Å². The first-order valence-electron chi connectivity index (χ1n) is 8.52. The van der Waals surface area contributed by atoms with Gasteiger partial charge in [0.25, 0.3) is 6.47 Å². The molecule has 2 amide bonds. The molecule has 8 nitrogen and oxygen atoms in total. The molecule has 1 aromatic rings. The van der Waals surface area contributed by atoms with Gasteiger partial charge in [-0.2, -0.15) is 0 Å². The zero-order chi connectivity index (χ0) is 19.5. The van der Waals surface area contributed by atoms with Crippen molar-refractivity contribution in [2.45, 2.75) is 20.3 Å². The largest absolute Gasteiger partial charge is 0.483 e. The van der Waals surface area contributed by atoms with Gasteiger partial charge in [0, 0.05) is 20.0 Å². The third-order valence-electron chi connectivity index (χ3n) is 3.94. The van der Waals surface area contributed by atoms with E-state index in [0.29, 0.717) is 17.9 Å². The van der Waals surface area contributed by atoms with Crippen molar-refractivity contribution >= 4 is 29.7 Å². The topological polar surface area (TPSA) is 102 Å². The number of nitrogens with one attached hydrogen (secondary N) is 2. The second-order valence-electron chi connectivity index (χ2n) is 6.32. The lowest BCUT2D eigenvalue weighted by molar-refractivity contribution is -0.123. The van der Waals surface area contributed by atoms with Crippen LogP contribution in [0.5, 0.6) is 0 Å². The molecule has 1 heterocycles. The van der Waals surface area contributed by atoms with Crippen LogP contribution in [0.15, 0.2) is 18.2 Å². The van der Waals surface area contributed by atoms with Crippen LogP contribution in [0.3, 0.4) is 0 Å². The number of aryl methyl sites for hydroxylation is 1. The first-order valence-corrected chi connectivity index (χ1v) is 8.52. The number of likely N-dealkylation sites (N-methyl/N-ethyl adjacent to an activating group) is 1. The fourth-order valence-electron chi connectivity index (χ4n) is 2.71. The van der Waals surface area contributed by atoms with Crippen LogP contribution in [0.1, 0.15) is 18.9 Å². The molecule has 1 aliphatic rings. The molecule has 0 bridgehead atoms. The highest BCUT2D eigenvalue weighted by Crippen LogP contribution is 2.23. The monoisotopic (exact) mass is 364 g/mol. The average Bonchev–Trinajstić information content (AvgIpc) is 2.75. The number of carboxylic acid groups (broad SMARTS) is 1. The molecule has 26 heavy (non-hydrogen) atoms. The Morgan fingerprint density at radius 2 is 1.85 bits per heavy atom. The molecule has 1 aromatic carbocycles. The Hall–Kier alpha value is -2.45. The molecule has 1 aliphatic heterocycles. The molecule has 0 aliphatic carbocycles. The molecular weight excluding hydrogens is 336 g/mol. The maximum atomic E-state index is 12.3. The normalized spacial score (nSPS) is 15.2. The van der Waals surface area contributed by atoms with Crippen LogP contribution in [0, 0.1) is 6.92 Å². The minimum atomic E-state index is -0.250. The van der Waals surface area contributed by atoms with E-state index in [1.807, 2.05) is 25.1 Å². The lowest BCUT2D eigenvalue weighted by Crippen LogP contribution is -2.36. The minimum Gasteiger partial charge on any atom is -0.483 e. The Balaban J connectivity index is 0.00000105. The summed E-state index contributed by atoms with van der Waals surface area (Å²) in [6, 6.07) is 5.60. The lowest BCUT2D eigenvalue weighted by Gasteiger charge is -2.20. The third kappa shape index (κ3) is 8.09. The molecule has 0 spiro atoms. The second kappa shape index (κ2) is 11.2. The summed E-state index contributed by atoms with van der Waals surface area (Å²) in [5.41, 5.74) is 2.31. The summed E-state index contributed by atoms with van der Waals surface area (Å²) < 4.78 is 0. The predicted molar refractivity (Wildman–Crippen MR) is 101 cm³/mol. The zero-order valence-electron chi connectivity index (χ0n) is 15.6. The molecule has 8 heteroatoms. The summed E-state index contributed by atoms with van der Waals surface area (Å²) in [6.45, 7) is 7.43. The molecule has 1 fully saturated rings. The Bertz CT molecular complexity index is 621. The van der Waals surface area contributed by atoms with Crippen molar-refractivity contribution in [3.63, 3.8) is 0 Å². The smallest absolute Gasteiger partial charge is 0.290 e. The Labute approximate surface area is 154 Å². The number of hydrogen-bond donors (Lipinski definition) is 3. The van der Waals surface area contributed by atoms with Crippen LogP contribution in [0.2, 0.25) is 0 Å². The number of amides is 2. The van der Waals surface area contributed by atoms with Crippen LogP contribution in [0.4, 0.5) is 11.4 Å². The van der Waals surface area contributed by atoms with Crippen LogP contribution < -0.4 is 10.6 Å². The quantitative estimate of drug-likeness (QED) is 0.695. The molecule has 144 valence electrons. The van der Waals surface area contributed by atoms with E-state index in [0.717, 1.165) is 38.2 Å². The maximum absolute atomic E-state index is 12.3. The minimum absolute atomic E-state index is 0.0493. The fraction of sp³-hybridized carbons (Fsp3) is 0.500. The highest BCUT2D eigenvalue weighted by Gasteiger charge is 2.16. The number of benzene rings is 1. The van der Waals surface area contributed by atoms with E-state index < -0.39 is 0 Å². The summed E-state index contributed by atoms with van der Waals surface area (Å²) in [4.78, 5) is 36.4. The first-order chi connectivity index (χ1) is 12.3. The van der Waals surface area contributed by atoms with E-state index in [4.69, 9.17) is 9.90 Å². The highest BCUT2D eigenvalue weighted by atomic mass is 16.3. The number of carbonyl (C=O) groups excluding carboxylic acids is 2. The van der Waals surface area contributed by atoms with Crippen molar-refractivity contribution in [3.05, 3.63) is 23.8 Å². The molecule has 0 radical (unpaired) electrons. The number of hydrogen-bond acceptors (Lipinski definition) is 5. The first kappa shape index (κ1) is 21.6. The van der Waals surface area contributed by atoms with Gasteiger partial charge in [-0.3, -0.25) is 19.3 Å². The Morgan fingerprint density at radius 3 is 2.50 bits per heavy atom. The van der Waals surface area contributed by atoms with Crippen LogP contribution in [-0.4, -0.2) is 73.0 Å². The van der Waals surface area contributed by atoms with Gasteiger partial charge >= 0.3 is 0 Å². The van der Waals surface area contributed by atoms with Gasteiger partial charge < -0.3 is 20.6 Å². The van der Waals surface area contributed by atoms with Crippen molar-refractivity contribution < 1.29 is 19.5 Å². The summed E-state index contributed by atoms with van der Waals surface area (Å²) in [7, 11) is 2.11. The molecular formula is C18H28N4O4. The number of carbonyl (C=O) groups is 3. The van der Waals surface area contributed by atoms with E-state index in [1.165, 1.54) is 6.92 Å². The fourth-order valence-corrected chi connectivity index (χ4v) is 2.71. The molecule has 0 aromatic heterocycles. The third-order valence-corrected chi connectivity index (χ3v) is 3.94. The van der Waals surface area contributed by atoms with Crippen LogP contribution in [-0.2, 0) is 14.4 Å². The van der Waals surface area contributed by atoms with Gasteiger partial charge in [0.15, 0.2) is 0 Å². The van der Waals surface area contributed by atoms with E-state index in [9.17, 15) is 9.59 Å². The number of anilines is 2. The van der Waals surface area contributed by atoms with Crippen molar-refractivity contribution in [1.82, 2.24) is 9.80 Å². The zero-order valence-corrected chi connectivity index (χ0v) is 15.6. The van der Waals surface area contributed by atoms with E-state index in [-0.39, 0.29) is 18.3 Å². The standard InChI is InChI=1S/C17H26N4O2.CH2O2/c1-13-5-6-15(18-14(2)22)16(11-13)19-17(23)12-21-8-4-7-20(3)9-10-21;2-1-3/h5-6,11H,4,7-10,12H2,1-3H3,(H,18,22)(H,19,23);1H,(H,2,3). The highest BCUT2D eigenvalue weighted by molar-refractivity contribution is 5.99. The van der Waals surface area contributed by atoms with Crippen LogP contribution >= 0.6 is 0 Å². The number of nitrogens with zero attached hydrogens (tertiary/aromatic N) is 2. The number of rotatable bonds is 4. The molecule has 1 saturated heterocycles. The average molecular weight is 364 g/mol. The van der Waals surface area contributed by atoms with Gasteiger partial charge in [-0.25, -0.2) is 0 Å². The summed E-state index contributed by atoms with van der Waals surface area (Å²) in [5.74, 6) is -0.202. The lowest BCUT2D eigenvalue weighted by atomic mass is 10.2. The van der Waals surface area contributed by atoms with Crippen LogP contribution in [0.25, 0.3) is 0 Å². The molecule has 2 rings (SSSR count). The van der Waals surface area contributed by atoms with Crippen molar-refractivity contribution in [2.75, 3.05) is 50.4 Å². The van der Waals surface area contributed by atoms with Gasteiger partial charge in [-0.1, -0.05) is 6.07 Å². The summed E-state index contributed by atoms with van der Waals surface area (Å²) >= 11 is 0. The SMILES string of the molecule is CC(=O)Nc1ccc(C)cc1NC(=O)CN1CCCN(C)CC1.O=CO. The Kier molecular flexibility index (Phi) is 9.32. The molecule has 0 atom stereocenters. The molecule has 0 unspecified atom stereocenters. The summed E-state index contributed by atoms with van der Waals surface area (Å²) in [6.07, 6.45) is 1.07. The van der Waals surface area contributed by atoms with Crippen molar-refractivity contribution in [1.29, 1.82) is 0 Å². The molecule has 3 N–H and O–H groups in total. The van der Waals surface area contributed by atoms with Gasteiger partial charge in [0.1, 0.15) is 0 Å². The van der Waals surface area contributed by atoms with Crippen molar-refractivity contribution in [2.24, 2.45) is 0 Å².